The molecule has 0 atom stereocenters. The Labute approximate surface area is 108 Å². The van der Waals surface area contributed by atoms with E-state index >= 15 is 0 Å². The van der Waals surface area contributed by atoms with Crippen molar-refractivity contribution in [2.75, 3.05) is 30.3 Å². The minimum absolute atomic E-state index is 0.0364. The molecule has 4 nitrogen and oxygen atoms in total. The third kappa shape index (κ3) is 3.17. The predicted octanol–water partition coefficient (Wildman–Crippen LogP) is 1.91. The summed E-state index contributed by atoms with van der Waals surface area (Å²) in [5, 5.41) is 0. The summed E-state index contributed by atoms with van der Waals surface area (Å²) in [6.07, 6.45) is 5.07. The average molecular weight is 246 g/mol. The van der Waals surface area contributed by atoms with Gasteiger partial charge in [0.1, 0.15) is 0 Å². The highest BCUT2D eigenvalue weighted by Crippen LogP contribution is 2.23. The van der Waals surface area contributed by atoms with Gasteiger partial charge in [0.15, 0.2) is 6.61 Å². The molecule has 4 heteroatoms. The monoisotopic (exact) mass is 246 g/mol. The van der Waals surface area contributed by atoms with E-state index in [1.807, 2.05) is 19.9 Å². The molecule has 0 aliphatic heterocycles. The Morgan fingerprint density at radius 2 is 2.11 bits per heavy atom. The van der Waals surface area contributed by atoms with Crippen molar-refractivity contribution in [2.45, 2.75) is 13.8 Å². The summed E-state index contributed by atoms with van der Waals surface area (Å²) in [6.45, 7) is 5.61. The zero-order valence-electron chi connectivity index (χ0n) is 10.8. The minimum Gasteiger partial charge on any atom is -0.449 e. The zero-order valence-corrected chi connectivity index (χ0v) is 10.8. The number of nitrogen functional groups attached to an aromatic ring is 1. The lowest BCUT2D eigenvalue weighted by Gasteiger charge is -2.23. The van der Waals surface area contributed by atoms with Crippen LogP contribution in [0.2, 0.25) is 0 Å². The summed E-state index contributed by atoms with van der Waals surface area (Å²) in [7, 11) is 0. The number of carbonyl (C=O) groups is 1. The molecule has 2 N–H and O–H groups in total. The molecule has 0 radical (unpaired) electrons. The Morgan fingerprint density at radius 1 is 1.44 bits per heavy atom. The maximum Gasteiger partial charge on any atom is 0.341 e. The maximum absolute atomic E-state index is 11.9. The first kappa shape index (κ1) is 13.9. The maximum atomic E-state index is 11.9. The Morgan fingerprint density at radius 3 is 2.67 bits per heavy atom. The van der Waals surface area contributed by atoms with Crippen molar-refractivity contribution in [3.05, 3.63) is 23.8 Å². The van der Waals surface area contributed by atoms with Crippen molar-refractivity contribution in [2.24, 2.45) is 0 Å². The molecular weight excluding hydrogens is 228 g/mol. The third-order valence-electron chi connectivity index (χ3n) is 2.63. The highest BCUT2D eigenvalue weighted by Gasteiger charge is 2.16. The van der Waals surface area contributed by atoms with Gasteiger partial charge in [0.05, 0.1) is 11.3 Å². The normalized spacial score (nSPS) is 9.61. The number of hydrogen-bond donors (Lipinski definition) is 1. The number of hydrogen-bond acceptors (Lipinski definition) is 4. The van der Waals surface area contributed by atoms with Crippen molar-refractivity contribution in [1.82, 2.24) is 0 Å². The summed E-state index contributed by atoms with van der Waals surface area (Å²) in [4.78, 5) is 14.0. The molecule has 0 fully saturated rings. The fourth-order valence-corrected chi connectivity index (χ4v) is 1.74. The van der Waals surface area contributed by atoms with Crippen LogP contribution in [0.3, 0.4) is 0 Å². The number of carbonyl (C=O) groups excluding carboxylic acids is 1. The molecule has 0 bridgehead atoms. The Bertz CT molecular complexity index is 459. The van der Waals surface area contributed by atoms with Crippen LogP contribution in [0.4, 0.5) is 11.4 Å². The number of benzene rings is 1. The lowest BCUT2D eigenvalue weighted by molar-refractivity contribution is 0.0557. The number of nitrogens with two attached hydrogens (primary N) is 1. The first-order valence-electron chi connectivity index (χ1n) is 5.89. The van der Waals surface area contributed by atoms with Gasteiger partial charge in [-0.3, -0.25) is 0 Å². The molecule has 0 amide bonds. The first-order valence-corrected chi connectivity index (χ1v) is 5.89. The molecule has 18 heavy (non-hydrogen) atoms. The second-order valence-electron chi connectivity index (χ2n) is 3.73. The smallest absolute Gasteiger partial charge is 0.341 e. The molecule has 0 spiro atoms. The van der Waals surface area contributed by atoms with Gasteiger partial charge < -0.3 is 15.4 Å². The van der Waals surface area contributed by atoms with Crippen molar-refractivity contribution >= 4 is 17.3 Å². The van der Waals surface area contributed by atoms with Gasteiger partial charge in [-0.2, -0.15) is 0 Å². The van der Waals surface area contributed by atoms with E-state index in [1.165, 1.54) is 0 Å². The molecule has 0 saturated heterocycles. The molecule has 0 aromatic heterocycles. The van der Waals surface area contributed by atoms with E-state index in [4.69, 9.17) is 16.9 Å². The molecular formula is C14H18N2O2. The highest BCUT2D eigenvalue weighted by molar-refractivity contribution is 5.97. The molecule has 0 aliphatic carbocycles. The average Bonchev–Trinajstić information content (AvgIpc) is 2.38. The topological polar surface area (TPSA) is 55.6 Å². The van der Waals surface area contributed by atoms with Crippen molar-refractivity contribution in [1.29, 1.82) is 0 Å². The van der Waals surface area contributed by atoms with Gasteiger partial charge in [0.2, 0.25) is 0 Å². The number of terminal acetylenes is 1. The van der Waals surface area contributed by atoms with E-state index in [0.717, 1.165) is 18.8 Å². The van der Waals surface area contributed by atoms with Crippen LogP contribution in [-0.4, -0.2) is 25.7 Å². The SMILES string of the molecule is C#CCOC(=O)c1cc(N)ccc1N(CC)CC. The summed E-state index contributed by atoms with van der Waals surface area (Å²) in [6, 6.07) is 5.22. The van der Waals surface area contributed by atoms with Gasteiger partial charge in [-0.1, -0.05) is 5.92 Å². The van der Waals surface area contributed by atoms with Gasteiger partial charge in [-0.15, -0.1) is 6.42 Å². The van der Waals surface area contributed by atoms with Crippen LogP contribution in [0.15, 0.2) is 18.2 Å². The molecule has 1 aromatic carbocycles. The fourth-order valence-electron chi connectivity index (χ4n) is 1.74. The standard InChI is InChI=1S/C14H18N2O2/c1-4-9-18-14(17)12-10-11(15)7-8-13(12)16(5-2)6-3/h1,7-8,10H,5-6,9,15H2,2-3H3. The third-order valence-corrected chi connectivity index (χ3v) is 2.63. The van der Waals surface area contributed by atoms with Crippen molar-refractivity contribution in [3.8, 4) is 12.3 Å². The summed E-state index contributed by atoms with van der Waals surface area (Å²) >= 11 is 0. The number of rotatable bonds is 5. The highest BCUT2D eigenvalue weighted by atomic mass is 16.5. The van der Waals surface area contributed by atoms with E-state index in [1.54, 1.807) is 12.1 Å². The number of esters is 1. The van der Waals surface area contributed by atoms with E-state index in [0.29, 0.717) is 11.3 Å². The van der Waals surface area contributed by atoms with E-state index < -0.39 is 5.97 Å². The van der Waals surface area contributed by atoms with Crippen LogP contribution >= 0.6 is 0 Å². The van der Waals surface area contributed by atoms with Crippen LogP contribution in [-0.2, 0) is 4.74 Å². The summed E-state index contributed by atoms with van der Waals surface area (Å²) in [5.74, 6) is 1.83. The number of nitrogens with zero attached hydrogens (tertiary/aromatic N) is 1. The number of anilines is 2. The molecule has 0 aliphatic rings. The minimum atomic E-state index is -0.442. The van der Waals surface area contributed by atoms with Crippen LogP contribution in [0.1, 0.15) is 24.2 Å². The second-order valence-corrected chi connectivity index (χ2v) is 3.73. The second kappa shape index (κ2) is 6.55. The van der Waals surface area contributed by atoms with E-state index in [2.05, 4.69) is 10.8 Å². The van der Waals surface area contributed by atoms with Gasteiger partial charge >= 0.3 is 5.97 Å². The van der Waals surface area contributed by atoms with E-state index in [9.17, 15) is 4.79 Å². The lowest BCUT2D eigenvalue weighted by atomic mass is 10.1. The van der Waals surface area contributed by atoms with Gasteiger partial charge in [0, 0.05) is 18.8 Å². The van der Waals surface area contributed by atoms with Gasteiger partial charge in [-0.25, -0.2) is 4.79 Å². The quantitative estimate of drug-likeness (QED) is 0.490. The van der Waals surface area contributed by atoms with Gasteiger partial charge in [-0.05, 0) is 32.0 Å². The summed E-state index contributed by atoms with van der Waals surface area (Å²) in [5.41, 5.74) is 7.51. The molecule has 0 saturated carbocycles. The molecule has 0 unspecified atom stereocenters. The van der Waals surface area contributed by atoms with Crippen molar-refractivity contribution < 1.29 is 9.53 Å². The molecule has 96 valence electrons. The van der Waals surface area contributed by atoms with E-state index in [-0.39, 0.29) is 6.61 Å². The number of ether oxygens (including phenoxy) is 1. The Balaban J connectivity index is 3.11. The fraction of sp³-hybridized carbons (Fsp3) is 0.357. The van der Waals surface area contributed by atoms with Crippen LogP contribution in [0.25, 0.3) is 0 Å². The first-order chi connectivity index (χ1) is 8.63. The van der Waals surface area contributed by atoms with Crippen LogP contribution < -0.4 is 10.6 Å². The van der Waals surface area contributed by atoms with Gasteiger partial charge in [0.25, 0.3) is 0 Å². The van der Waals surface area contributed by atoms with Crippen molar-refractivity contribution in [3.63, 3.8) is 0 Å². The van der Waals surface area contributed by atoms with Crippen LogP contribution in [0, 0.1) is 12.3 Å². The predicted molar refractivity (Wildman–Crippen MR) is 73.5 cm³/mol. The largest absolute Gasteiger partial charge is 0.449 e. The molecule has 1 aromatic rings. The lowest BCUT2D eigenvalue weighted by Crippen LogP contribution is -2.24. The zero-order chi connectivity index (χ0) is 13.5. The molecule has 0 heterocycles. The Hall–Kier alpha value is -2.15. The Kier molecular flexibility index (Phi) is 5.06. The van der Waals surface area contributed by atoms with Crippen LogP contribution in [0.5, 0.6) is 0 Å². The molecule has 1 rings (SSSR count). The summed E-state index contributed by atoms with van der Waals surface area (Å²) < 4.78 is 4.95.